The summed E-state index contributed by atoms with van der Waals surface area (Å²) in [6.07, 6.45) is 6.81. The number of ether oxygens (including phenoxy) is 1. The van der Waals surface area contributed by atoms with E-state index in [0.717, 1.165) is 24.8 Å². The Balaban J connectivity index is 1.95. The highest BCUT2D eigenvalue weighted by molar-refractivity contribution is 5.84. The quantitative estimate of drug-likeness (QED) is 0.685. The molecule has 0 spiro atoms. The maximum atomic E-state index is 12.3. The lowest BCUT2D eigenvalue weighted by molar-refractivity contribution is -0.145. The first kappa shape index (κ1) is 17.0. The molecule has 1 N–H and O–H groups in total. The third-order valence-electron chi connectivity index (χ3n) is 3.65. The third-order valence-corrected chi connectivity index (χ3v) is 3.65. The van der Waals surface area contributed by atoms with Crippen molar-refractivity contribution in [3.05, 3.63) is 48.2 Å². The number of rotatable bonds is 4. The SMILES string of the molecule is COC(=O)[C@@H]1CCCCC=CN1C(=O)NOCc1ccccc1. The molecular weight excluding hydrogens is 296 g/mol. The smallest absolute Gasteiger partial charge is 0.346 e. The Morgan fingerprint density at radius 2 is 2.04 bits per heavy atom. The summed E-state index contributed by atoms with van der Waals surface area (Å²) in [5.74, 6) is -0.422. The van der Waals surface area contributed by atoms with Crippen LogP contribution in [-0.4, -0.2) is 30.1 Å². The molecule has 0 saturated heterocycles. The number of hydrogen-bond donors (Lipinski definition) is 1. The normalized spacial score (nSPS) is 18.0. The second-order valence-electron chi connectivity index (χ2n) is 5.30. The molecule has 2 amide bonds. The number of carbonyl (C=O) groups is 2. The van der Waals surface area contributed by atoms with Crippen molar-refractivity contribution in [3.8, 4) is 0 Å². The molecule has 0 bridgehead atoms. The minimum Gasteiger partial charge on any atom is -0.467 e. The van der Waals surface area contributed by atoms with Gasteiger partial charge >= 0.3 is 12.0 Å². The number of esters is 1. The van der Waals surface area contributed by atoms with E-state index in [9.17, 15) is 9.59 Å². The van der Waals surface area contributed by atoms with Crippen LogP contribution in [0.4, 0.5) is 4.79 Å². The fraction of sp³-hybridized carbons (Fsp3) is 0.412. The molecule has 1 atom stereocenters. The molecule has 0 aliphatic carbocycles. The van der Waals surface area contributed by atoms with Crippen LogP contribution in [0.2, 0.25) is 0 Å². The van der Waals surface area contributed by atoms with Gasteiger partial charge in [-0.1, -0.05) is 42.8 Å². The average Bonchev–Trinajstić information content (AvgIpc) is 2.55. The number of benzene rings is 1. The summed E-state index contributed by atoms with van der Waals surface area (Å²) in [4.78, 5) is 30.8. The van der Waals surface area contributed by atoms with Crippen molar-refractivity contribution in [2.75, 3.05) is 7.11 Å². The van der Waals surface area contributed by atoms with Crippen molar-refractivity contribution in [2.24, 2.45) is 0 Å². The number of methoxy groups -OCH3 is 1. The Bertz CT molecular complexity index is 545. The van der Waals surface area contributed by atoms with E-state index in [1.165, 1.54) is 12.0 Å². The molecule has 1 aliphatic rings. The van der Waals surface area contributed by atoms with Crippen LogP contribution in [0, 0.1) is 0 Å². The van der Waals surface area contributed by atoms with E-state index in [2.05, 4.69) is 5.48 Å². The zero-order valence-corrected chi connectivity index (χ0v) is 13.2. The lowest BCUT2D eigenvalue weighted by Crippen LogP contribution is -2.47. The Kier molecular flexibility index (Phi) is 6.62. The summed E-state index contributed by atoms with van der Waals surface area (Å²) in [5, 5.41) is 0. The third kappa shape index (κ3) is 5.10. The number of urea groups is 1. The van der Waals surface area contributed by atoms with Crippen molar-refractivity contribution in [3.63, 3.8) is 0 Å². The van der Waals surface area contributed by atoms with Gasteiger partial charge in [-0.15, -0.1) is 0 Å². The monoisotopic (exact) mass is 318 g/mol. The highest BCUT2D eigenvalue weighted by Crippen LogP contribution is 2.16. The molecule has 1 heterocycles. The molecule has 1 aromatic rings. The molecule has 6 heteroatoms. The molecule has 1 aliphatic heterocycles. The summed E-state index contributed by atoms with van der Waals surface area (Å²) in [6.45, 7) is 0.257. The van der Waals surface area contributed by atoms with Gasteiger partial charge < -0.3 is 4.74 Å². The van der Waals surface area contributed by atoms with Crippen LogP contribution in [0.3, 0.4) is 0 Å². The van der Waals surface area contributed by atoms with Gasteiger partial charge in [0, 0.05) is 6.20 Å². The molecule has 2 rings (SSSR count). The highest BCUT2D eigenvalue weighted by atomic mass is 16.7. The van der Waals surface area contributed by atoms with Crippen LogP contribution in [0.1, 0.15) is 31.2 Å². The van der Waals surface area contributed by atoms with Crippen LogP contribution < -0.4 is 5.48 Å². The van der Waals surface area contributed by atoms with Crippen LogP contribution in [0.15, 0.2) is 42.6 Å². The predicted molar refractivity (Wildman–Crippen MR) is 85.0 cm³/mol. The van der Waals surface area contributed by atoms with Crippen molar-refractivity contribution in [2.45, 2.75) is 38.3 Å². The Morgan fingerprint density at radius 3 is 2.78 bits per heavy atom. The molecule has 23 heavy (non-hydrogen) atoms. The lowest BCUT2D eigenvalue weighted by atomic mass is 10.1. The lowest BCUT2D eigenvalue weighted by Gasteiger charge is -2.28. The molecule has 0 aromatic heterocycles. The van der Waals surface area contributed by atoms with Crippen LogP contribution >= 0.6 is 0 Å². The molecule has 124 valence electrons. The fourth-order valence-corrected chi connectivity index (χ4v) is 2.42. The van der Waals surface area contributed by atoms with E-state index < -0.39 is 18.0 Å². The Morgan fingerprint density at radius 1 is 1.26 bits per heavy atom. The van der Waals surface area contributed by atoms with Gasteiger partial charge in [0.15, 0.2) is 0 Å². The second kappa shape index (κ2) is 8.95. The minimum atomic E-state index is -0.628. The number of carbonyl (C=O) groups excluding carboxylic acids is 2. The first-order valence-electron chi connectivity index (χ1n) is 7.71. The largest absolute Gasteiger partial charge is 0.467 e. The van der Waals surface area contributed by atoms with E-state index in [4.69, 9.17) is 9.57 Å². The molecule has 0 unspecified atom stereocenters. The van der Waals surface area contributed by atoms with Gasteiger partial charge in [-0.05, 0) is 24.8 Å². The van der Waals surface area contributed by atoms with Gasteiger partial charge in [-0.25, -0.2) is 15.1 Å². The van der Waals surface area contributed by atoms with Gasteiger partial charge in [0.05, 0.1) is 13.7 Å². The van der Waals surface area contributed by atoms with Gasteiger partial charge in [0.2, 0.25) is 0 Å². The standard InChI is InChI=1S/C17H22N2O4/c1-22-16(20)15-11-7-2-3-8-12-19(15)17(21)18-23-13-14-9-5-4-6-10-14/h4-6,8-10,12,15H,2-3,7,11,13H2,1H3,(H,18,21)/t15-/m0/s1. The van der Waals surface area contributed by atoms with E-state index in [0.29, 0.717) is 6.42 Å². The maximum absolute atomic E-state index is 12.3. The zero-order chi connectivity index (χ0) is 16.5. The average molecular weight is 318 g/mol. The summed E-state index contributed by atoms with van der Waals surface area (Å²) >= 11 is 0. The number of nitrogens with zero attached hydrogens (tertiary/aromatic N) is 1. The number of allylic oxidation sites excluding steroid dienone is 1. The summed E-state index contributed by atoms with van der Waals surface area (Å²) in [7, 11) is 1.33. The number of amides is 2. The highest BCUT2D eigenvalue weighted by Gasteiger charge is 2.29. The van der Waals surface area contributed by atoms with E-state index in [-0.39, 0.29) is 6.61 Å². The summed E-state index contributed by atoms with van der Waals surface area (Å²) < 4.78 is 4.80. The topological polar surface area (TPSA) is 67.9 Å². The van der Waals surface area contributed by atoms with Crippen LogP contribution in [0.25, 0.3) is 0 Å². The molecular formula is C17H22N2O4. The van der Waals surface area contributed by atoms with Crippen molar-refractivity contribution < 1.29 is 19.2 Å². The molecule has 0 radical (unpaired) electrons. The maximum Gasteiger partial charge on any atom is 0.346 e. The summed E-state index contributed by atoms with van der Waals surface area (Å²) in [6, 6.07) is 8.41. The van der Waals surface area contributed by atoms with Crippen LogP contribution in [-0.2, 0) is 21.0 Å². The van der Waals surface area contributed by atoms with Crippen molar-refractivity contribution in [1.82, 2.24) is 10.4 Å². The van der Waals surface area contributed by atoms with E-state index >= 15 is 0 Å². The first-order valence-corrected chi connectivity index (χ1v) is 7.71. The van der Waals surface area contributed by atoms with E-state index in [1.807, 2.05) is 36.4 Å². The van der Waals surface area contributed by atoms with Gasteiger partial charge in [-0.3, -0.25) is 9.74 Å². The van der Waals surface area contributed by atoms with Crippen LogP contribution in [0.5, 0.6) is 0 Å². The van der Waals surface area contributed by atoms with E-state index in [1.54, 1.807) is 6.20 Å². The van der Waals surface area contributed by atoms with Gasteiger partial charge in [0.25, 0.3) is 0 Å². The number of hydroxylamine groups is 1. The zero-order valence-electron chi connectivity index (χ0n) is 13.2. The van der Waals surface area contributed by atoms with Gasteiger partial charge in [-0.2, -0.15) is 0 Å². The van der Waals surface area contributed by atoms with Crippen molar-refractivity contribution in [1.29, 1.82) is 0 Å². The van der Waals surface area contributed by atoms with Crippen molar-refractivity contribution >= 4 is 12.0 Å². The Hall–Kier alpha value is -2.34. The number of nitrogens with one attached hydrogen (secondary N) is 1. The van der Waals surface area contributed by atoms with Gasteiger partial charge in [0.1, 0.15) is 6.04 Å². The predicted octanol–water partition coefficient (Wildman–Crippen LogP) is 2.76. The molecule has 0 saturated carbocycles. The second-order valence-corrected chi connectivity index (χ2v) is 5.30. The minimum absolute atomic E-state index is 0.257. The summed E-state index contributed by atoms with van der Waals surface area (Å²) in [5.41, 5.74) is 3.33. The molecule has 1 aromatic carbocycles. The molecule has 6 nitrogen and oxygen atoms in total. The fourth-order valence-electron chi connectivity index (χ4n) is 2.42. The molecule has 0 fully saturated rings. The Labute approximate surface area is 136 Å². The number of hydrogen-bond acceptors (Lipinski definition) is 4. The first-order chi connectivity index (χ1) is 11.2.